The zero-order valence-corrected chi connectivity index (χ0v) is 16.5. The lowest BCUT2D eigenvalue weighted by Gasteiger charge is -2.28. The van der Waals surface area contributed by atoms with Gasteiger partial charge < -0.3 is 5.32 Å². The molecule has 0 radical (unpaired) electrons. The Morgan fingerprint density at radius 2 is 1.90 bits per heavy atom. The summed E-state index contributed by atoms with van der Waals surface area (Å²) in [7, 11) is 0. The number of aromatic nitrogens is 5. The first-order chi connectivity index (χ1) is 14.9. The van der Waals surface area contributed by atoms with Crippen LogP contribution in [0.3, 0.4) is 0 Å². The molecule has 2 aromatic heterocycles. The Bertz CT molecular complexity index is 1040. The number of benzene rings is 1. The monoisotopic (exact) mass is 431 g/mol. The van der Waals surface area contributed by atoms with Crippen molar-refractivity contribution in [1.82, 2.24) is 35.4 Å². The van der Waals surface area contributed by atoms with Crippen LogP contribution in [0.15, 0.2) is 48.7 Å². The summed E-state index contributed by atoms with van der Waals surface area (Å²) in [5, 5.41) is 13.3. The highest BCUT2D eigenvalue weighted by atomic mass is 19.4. The molecule has 0 saturated carbocycles. The van der Waals surface area contributed by atoms with Crippen LogP contribution in [0, 0.1) is 0 Å². The van der Waals surface area contributed by atoms with Crippen LogP contribution in [0.2, 0.25) is 0 Å². The molecule has 3 aromatic rings. The van der Waals surface area contributed by atoms with E-state index in [2.05, 4.69) is 37.5 Å². The largest absolute Gasteiger partial charge is 0.414 e. The number of hydrogen-bond donors (Lipinski definition) is 1. The predicted molar refractivity (Wildman–Crippen MR) is 103 cm³/mol. The highest BCUT2D eigenvalue weighted by molar-refractivity contribution is 5.76. The lowest BCUT2D eigenvalue weighted by molar-refractivity contribution is -0.164. The first-order valence-electron chi connectivity index (χ1n) is 9.71. The lowest BCUT2D eigenvalue weighted by atomic mass is 10.00. The zero-order valence-electron chi connectivity index (χ0n) is 16.5. The molecule has 1 atom stereocenters. The van der Waals surface area contributed by atoms with Gasteiger partial charge in [-0.3, -0.25) is 14.7 Å². The van der Waals surface area contributed by atoms with Gasteiger partial charge in [0.15, 0.2) is 11.9 Å². The van der Waals surface area contributed by atoms with E-state index in [4.69, 9.17) is 0 Å². The van der Waals surface area contributed by atoms with Gasteiger partial charge in [-0.1, -0.05) is 30.3 Å². The maximum absolute atomic E-state index is 13.4. The number of tetrazole rings is 1. The van der Waals surface area contributed by atoms with Crippen LogP contribution in [0.1, 0.15) is 28.7 Å². The van der Waals surface area contributed by atoms with Crippen LogP contribution in [0.4, 0.5) is 13.2 Å². The zero-order chi connectivity index (χ0) is 21.8. The minimum Gasteiger partial charge on any atom is -0.338 e. The summed E-state index contributed by atoms with van der Waals surface area (Å²) >= 11 is 0. The summed E-state index contributed by atoms with van der Waals surface area (Å²) in [5.74, 6) is -0.443. The smallest absolute Gasteiger partial charge is 0.338 e. The lowest BCUT2D eigenvalue weighted by Crippen LogP contribution is -2.40. The van der Waals surface area contributed by atoms with E-state index in [-0.39, 0.29) is 5.69 Å². The van der Waals surface area contributed by atoms with Crippen molar-refractivity contribution in [3.8, 4) is 0 Å². The number of nitrogens with one attached hydrogen (secondary N) is 1. The minimum absolute atomic E-state index is 0.285. The summed E-state index contributed by atoms with van der Waals surface area (Å²) in [6.07, 6.45) is -2.55. The molecule has 1 unspecified atom stereocenters. The number of halogens is 3. The number of carbonyl (C=O) groups is 1. The second-order valence-electron chi connectivity index (χ2n) is 7.28. The molecule has 0 aliphatic carbocycles. The van der Waals surface area contributed by atoms with E-state index in [1.165, 1.54) is 40.2 Å². The Labute approximate surface area is 176 Å². The van der Waals surface area contributed by atoms with Crippen molar-refractivity contribution in [3.05, 3.63) is 71.3 Å². The van der Waals surface area contributed by atoms with Crippen LogP contribution < -0.4 is 5.32 Å². The van der Waals surface area contributed by atoms with Gasteiger partial charge in [0, 0.05) is 19.3 Å². The third-order valence-electron chi connectivity index (χ3n) is 5.09. The average Bonchev–Trinajstić information content (AvgIpc) is 3.18. The van der Waals surface area contributed by atoms with Gasteiger partial charge in [-0.15, -0.1) is 5.10 Å². The van der Waals surface area contributed by atoms with Crippen LogP contribution in [0.25, 0.3) is 0 Å². The van der Waals surface area contributed by atoms with Gasteiger partial charge in [0.1, 0.15) is 6.54 Å². The second-order valence-corrected chi connectivity index (χ2v) is 7.28. The van der Waals surface area contributed by atoms with Gasteiger partial charge in [-0.25, -0.2) is 4.68 Å². The van der Waals surface area contributed by atoms with Gasteiger partial charge >= 0.3 is 6.18 Å². The van der Waals surface area contributed by atoms with Crippen LogP contribution in [-0.2, 0) is 30.8 Å². The molecule has 0 fully saturated rings. The normalized spacial score (nSPS) is 15.3. The number of alkyl halides is 3. The molecule has 3 heterocycles. The highest BCUT2D eigenvalue weighted by Gasteiger charge is 2.42. The summed E-state index contributed by atoms with van der Waals surface area (Å²) in [6.45, 7) is 1.47. The fourth-order valence-electron chi connectivity index (χ4n) is 3.56. The second kappa shape index (κ2) is 8.80. The van der Waals surface area contributed by atoms with E-state index in [1.54, 1.807) is 0 Å². The molecule has 1 N–H and O–H groups in total. The minimum atomic E-state index is -4.69. The van der Waals surface area contributed by atoms with Crippen LogP contribution >= 0.6 is 0 Å². The first-order valence-corrected chi connectivity index (χ1v) is 9.71. The number of rotatable bonds is 6. The molecule has 1 aliphatic heterocycles. The topological polar surface area (TPSA) is 88.8 Å². The quantitative estimate of drug-likeness (QED) is 0.643. The number of amides is 1. The van der Waals surface area contributed by atoms with E-state index in [0.29, 0.717) is 18.9 Å². The molecule has 0 spiro atoms. The maximum atomic E-state index is 13.4. The van der Waals surface area contributed by atoms with Crippen molar-refractivity contribution in [2.45, 2.75) is 38.3 Å². The Kier molecular flexibility index (Phi) is 5.94. The van der Waals surface area contributed by atoms with Gasteiger partial charge in [-0.05, 0) is 40.1 Å². The number of hydrogen-bond acceptors (Lipinski definition) is 6. The highest BCUT2D eigenvalue weighted by Crippen LogP contribution is 2.31. The van der Waals surface area contributed by atoms with Crippen molar-refractivity contribution in [2.75, 3.05) is 6.54 Å². The van der Waals surface area contributed by atoms with Crippen molar-refractivity contribution >= 4 is 5.91 Å². The van der Waals surface area contributed by atoms with E-state index in [9.17, 15) is 18.0 Å². The molecule has 1 aliphatic rings. The SMILES string of the molecule is O=C(Cn1nnnc1CN1CCc2ccccc2C1)NC(c1ccccn1)C(F)(F)F. The number of pyridine rings is 1. The fourth-order valence-corrected chi connectivity index (χ4v) is 3.56. The fraction of sp³-hybridized carbons (Fsp3) is 0.350. The van der Waals surface area contributed by atoms with E-state index in [0.717, 1.165) is 13.0 Å². The third-order valence-corrected chi connectivity index (χ3v) is 5.09. The van der Waals surface area contributed by atoms with Crippen molar-refractivity contribution < 1.29 is 18.0 Å². The molecular formula is C20H20F3N7O. The first kappa shape index (κ1) is 20.9. The molecule has 4 rings (SSSR count). The van der Waals surface area contributed by atoms with E-state index in [1.807, 2.05) is 17.4 Å². The van der Waals surface area contributed by atoms with Crippen LogP contribution in [0.5, 0.6) is 0 Å². The van der Waals surface area contributed by atoms with E-state index >= 15 is 0 Å². The van der Waals surface area contributed by atoms with Crippen LogP contribution in [-0.4, -0.2) is 48.7 Å². The standard InChI is InChI=1S/C20H20F3N7O/c21-20(22,23)19(16-7-3-4-9-24-16)25-18(31)13-30-17(26-27-28-30)12-29-10-8-14-5-1-2-6-15(14)11-29/h1-7,9,19H,8,10-13H2,(H,25,31). The Morgan fingerprint density at radius 3 is 2.65 bits per heavy atom. The molecule has 0 saturated heterocycles. The number of carbonyl (C=O) groups excluding carboxylic acids is 1. The van der Waals surface area contributed by atoms with Crippen molar-refractivity contribution in [2.24, 2.45) is 0 Å². The molecule has 162 valence electrons. The summed E-state index contributed by atoms with van der Waals surface area (Å²) in [4.78, 5) is 18.2. The number of nitrogens with zero attached hydrogens (tertiary/aromatic N) is 6. The average molecular weight is 431 g/mol. The summed E-state index contributed by atoms with van der Waals surface area (Å²) in [6, 6.07) is 10.1. The van der Waals surface area contributed by atoms with E-state index < -0.39 is 24.7 Å². The Hall–Kier alpha value is -3.34. The number of fused-ring (bicyclic) bond motifs is 1. The molecule has 8 nitrogen and oxygen atoms in total. The Balaban J connectivity index is 1.41. The van der Waals surface area contributed by atoms with Crippen molar-refractivity contribution in [3.63, 3.8) is 0 Å². The molecule has 31 heavy (non-hydrogen) atoms. The molecule has 11 heteroatoms. The third kappa shape index (κ3) is 5.05. The Morgan fingerprint density at radius 1 is 1.13 bits per heavy atom. The maximum Gasteiger partial charge on any atom is 0.414 e. The molecule has 1 amide bonds. The van der Waals surface area contributed by atoms with Gasteiger partial charge in [0.05, 0.1) is 12.2 Å². The summed E-state index contributed by atoms with van der Waals surface area (Å²) in [5.41, 5.74) is 2.23. The molecule has 1 aromatic carbocycles. The summed E-state index contributed by atoms with van der Waals surface area (Å²) < 4.78 is 41.6. The van der Waals surface area contributed by atoms with Gasteiger partial charge in [0.2, 0.25) is 5.91 Å². The molecule has 0 bridgehead atoms. The van der Waals surface area contributed by atoms with Gasteiger partial charge in [-0.2, -0.15) is 13.2 Å². The van der Waals surface area contributed by atoms with Gasteiger partial charge in [0.25, 0.3) is 0 Å². The van der Waals surface area contributed by atoms with Crippen molar-refractivity contribution in [1.29, 1.82) is 0 Å². The predicted octanol–water partition coefficient (Wildman–Crippen LogP) is 2.05. The molecular weight excluding hydrogens is 411 g/mol.